The first kappa shape index (κ1) is 11.5. The molecule has 1 aliphatic rings. The zero-order valence-electron chi connectivity index (χ0n) is 9.04. The van der Waals surface area contributed by atoms with Gasteiger partial charge in [-0.3, -0.25) is 9.59 Å². The van der Waals surface area contributed by atoms with Crippen molar-refractivity contribution >= 4 is 11.8 Å². The number of likely N-dealkylation sites (tertiary alicyclic amines) is 1. The first-order valence-electron chi connectivity index (χ1n) is 4.90. The van der Waals surface area contributed by atoms with Crippen LogP contribution in [0, 0.1) is 16.7 Å². The number of amides is 2. The Morgan fingerprint density at radius 2 is 2.27 bits per heavy atom. The fourth-order valence-corrected chi connectivity index (χ4v) is 1.84. The summed E-state index contributed by atoms with van der Waals surface area (Å²) in [5, 5.41) is 11.0. The first-order valence-corrected chi connectivity index (χ1v) is 4.90. The van der Waals surface area contributed by atoms with E-state index in [1.165, 1.54) is 0 Å². The smallest absolute Gasteiger partial charge is 0.236 e. The third-order valence-electron chi connectivity index (χ3n) is 2.83. The van der Waals surface area contributed by atoms with Gasteiger partial charge in [0.1, 0.15) is 6.42 Å². The van der Waals surface area contributed by atoms with E-state index in [1.54, 1.807) is 11.9 Å². The molecule has 1 heterocycles. The summed E-state index contributed by atoms with van der Waals surface area (Å²) in [7, 11) is 1.59. The molecule has 1 unspecified atom stereocenters. The highest BCUT2D eigenvalue weighted by Crippen LogP contribution is 2.30. The molecule has 1 N–H and O–H groups in total. The van der Waals surface area contributed by atoms with Crippen molar-refractivity contribution in [1.82, 2.24) is 10.2 Å². The fourth-order valence-electron chi connectivity index (χ4n) is 1.84. The van der Waals surface area contributed by atoms with Crippen LogP contribution in [-0.4, -0.2) is 36.9 Å². The number of hydrogen-bond donors (Lipinski definition) is 1. The summed E-state index contributed by atoms with van der Waals surface area (Å²) in [6.07, 6.45) is 0.549. The van der Waals surface area contributed by atoms with Gasteiger partial charge in [0, 0.05) is 20.1 Å². The molecule has 1 fully saturated rings. The largest absolute Gasteiger partial charge is 0.359 e. The lowest BCUT2D eigenvalue weighted by Gasteiger charge is -2.22. The Morgan fingerprint density at radius 1 is 1.60 bits per heavy atom. The predicted octanol–water partition coefficient (Wildman–Crippen LogP) is -0.115. The quantitative estimate of drug-likeness (QED) is 0.689. The first-order chi connectivity index (χ1) is 7.03. The molecule has 0 bridgehead atoms. The fraction of sp³-hybridized carbons (Fsp3) is 0.700. The van der Waals surface area contributed by atoms with E-state index < -0.39 is 5.41 Å². The standard InChI is InChI=1S/C10H15N3O2/c1-10(9(15)12-2)4-6-13(7-10)8(14)3-5-11/h3-4,6-7H2,1-2H3,(H,12,15). The number of nitrogens with one attached hydrogen (secondary N) is 1. The zero-order valence-corrected chi connectivity index (χ0v) is 9.04. The third kappa shape index (κ3) is 2.27. The van der Waals surface area contributed by atoms with Crippen molar-refractivity contribution in [1.29, 1.82) is 5.26 Å². The second-order valence-electron chi connectivity index (χ2n) is 4.04. The Hall–Kier alpha value is -1.57. The van der Waals surface area contributed by atoms with E-state index in [0.29, 0.717) is 19.5 Å². The maximum atomic E-state index is 11.5. The van der Waals surface area contributed by atoms with Gasteiger partial charge in [-0.15, -0.1) is 0 Å². The molecule has 1 saturated heterocycles. The van der Waals surface area contributed by atoms with Gasteiger partial charge in [-0.25, -0.2) is 0 Å². The van der Waals surface area contributed by atoms with Gasteiger partial charge in [0.25, 0.3) is 0 Å². The Bertz CT molecular complexity index is 321. The Morgan fingerprint density at radius 3 is 2.80 bits per heavy atom. The summed E-state index contributed by atoms with van der Waals surface area (Å²) in [6, 6.07) is 1.82. The highest BCUT2D eigenvalue weighted by molar-refractivity contribution is 5.85. The Balaban J connectivity index is 2.63. The molecule has 0 spiro atoms. The van der Waals surface area contributed by atoms with Gasteiger partial charge in [0.05, 0.1) is 11.5 Å². The molecule has 0 aliphatic carbocycles. The minimum absolute atomic E-state index is 0.0465. The van der Waals surface area contributed by atoms with Gasteiger partial charge < -0.3 is 10.2 Å². The second-order valence-corrected chi connectivity index (χ2v) is 4.04. The molecule has 1 aliphatic heterocycles. The molecule has 5 heteroatoms. The molecule has 0 aromatic carbocycles. The van der Waals surface area contributed by atoms with Crippen LogP contribution in [0.4, 0.5) is 0 Å². The van der Waals surface area contributed by atoms with Gasteiger partial charge in [-0.2, -0.15) is 5.26 Å². The molecular weight excluding hydrogens is 194 g/mol. The number of nitrogens with zero attached hydrogens (tertiary/aromatic N) is 2. The molecule has 0 radical (unpaired) electrons. The van der Waals surface area contributed by atoms with Gasteiger partial charge in [0.2, 0.25) is 11.8 Å². The Kier molecular flexibility index (Phi) is 3.30. The molecule has 5 nitrogen and oxygen atoms in total. The summed E-state index contributed by atoms with van der Waals surface area (Å²) in [4.78, 5) is 24.5. The van der Waals surface area contributed by atoms with Gasteiger partial charge in [-0.05, 0) is 13.3 Å². The molecule has 0 aromatic heterocycles. The van der Waals surface area contributed by atoms with E-state index in [9.17, 15) is 9.59 Å². The Labute approximate surface area is 89.0 Å². The van der Waals surface area contributed by atoms with Gasteiger partial charge in [-0.1, -0.05) is 0 Å². The van der Waals surface area contributed by atoms with Crippen LogP contribution in [0.2, 0.25) is 0 Å². The van der Waals surface area contributed by atoms with Crippen LogP contribution in [0.5, 0.6) is 0 Å². The number of carbonyl (C=O) groups excluding carboxylic acids is 2. The van der Waals surface area contributed by atoms with E-state index in [1.807, 2.05) is 13.0 Å². The van der Waals surface area contributed by atoms with E-state index in [2.05, 4.69) is 5.32 Å². The minimum atomic E-state index is -0.500. The molecular formula is C10H15N3O2. The van der Waals surface area contributed by atoms with Crippen molar-refractivity contribution in [3.8, 4) is 6.07 Å². The maximum absolute atomic E-state index is 11.5. The zero-order chi connectivity index (χ0) is 11.5. The van der Waals surface area contributed by atoms with Crippen molar-refractivity contribution in [3.63, 3.8) is 0 Å². The van der Waals surface area contributed by atoms with Crippen molar-refractivity contribution in [2.75, 3.05) is 20.1 Å². The van der Waals surface area contributed by atoms with Gasteiger partial charge >= 0.3 is 0 Å². The van der Waals surface area contributed by atoms with Crippen LogP contribution in [0.25, 0.3) is 0 Å². The molecule has 2 amide bonds. The lowest BCUT2D eigenvalue weighted by Crippen LogP contribution is -2.40. The molecule has 82 valence electrons. The minimum Gasteiger partial charge on any atom is -0.359 e. The van der Waals surface area contributed by atoms with Crippen LogP contribution >= 0.6 is 0 Å². The van der Waals surface area contributed by atoms with Crippen molar-refractivity contribution in [2.45, 2.75) is 19.8 Å². The number of carbonyl (C=O) groups is 2. The molecule has 0 aromatic rings. The molecule has 0 saturated carbocycles. The molecule has 1 rings (SSSR count). The lowest BCUT2D eigenvalue weighted by molar-refractivity contribution is -0.131. The average molecular weight is 209 g/mol. The lowest BCUT2D eigenvalue weighted by atomic mass is 9.89. The summed E-state index contributed by atoms with van der Waals surface area (Å²) < 4.78 is 0. The van der Waals surface area contributed by atoms with Crippen LogP contribution in [0.3, 0.4) is 0 Å². The van der Waals surface area contributed by atoms with E-state index in [4.69, 9.17) is 5.26 Å². The van der Waals surface area contributed by atoms with E-state index in [-0.39, 0.29) is 18.2 Å². The van der Waals surface area contributed by atoms with Crippen LogP contribution < -0.4 is 5.32 Å². The predicted molar refractivity (Wildman–Crippen MR) is 53.6 cm³/mol. The average Bonchev–Trinajstić information content (AvgIpc) is 2.61. The number of nitriles is 1. The summed E-state index contributed by atoms with van der Waals surface area (Å²) in [5.41, 5.74) is -0.500. The van der Waals surface area contributed by atoms with Crippen molar-refractivity contribution < 1.29 is 9.59 Å². The normalized spacial score (nSPS) is 24.7. The highest BCUT2D eigenvalue weighted by atomic mass is 16.2. The summed E-state index contributed by atoms with van der Waals surface area (Å²) in [5.74, 6) is -0.236. The van der Waals surface area contributed by atoms with E-state index in [0.717, 1.165) is 0 Å². The topological polar surface area (TPSA) is 73.2 Å². The van der Waals surface area contributed by atoms with Crippen molar-refractivity contribution in [3.05, 3.63) is 0 Å². The van der Waals surface area contributed by atoms with Gasteiger partial charge in [0.15, 0.2) is 0 Å². The SMILES string of the molecule is CNC(=O)C1(C)CCN(C(=O)CC#N)C1. The number of rotatable bonds is 2. The van der Waals surface area contributed by atoms with Crippen molar-refractivity contribution in [2.24, 2.45) is 5.41 Å². The summed E-state index contributed by atoms with van der Waals surface area (Å²) >= 11 is 0. The van der Waals surface area contributed by atoms with Crippen LogP contribution in [-0.2, 0) is 9.59 Å². The maximum Gasteiger partial charge on any atom is 0.236 e. The monoisotopic (exact) mass is 209 g/mol. The molecule has 1 atom stereocenters. The highest BCUT2D eigenvalue weighted by Gasteiger charge is 2.41. The number of hydrogen-bond acceptors (Lipinski definition) is 3. The summed E-state index contributed by atoms with van der Waals surface area (Å²) in [6.45, 7) is 2.81. The second kappa shape index (κ2) is 4.30. The van der Waals surface area contributed by atoms with E-state index >= 15 is 0 Å². The molecule has 15 heavy (non-hydrogen) atoms. The van der Waals surface area contributed by atoms with Crippen LogP contribution in [0.15, 0.2) is 0 Å². The van der Waals surface area contributed by atoms with Crippen LogP contribution in [0.1, 0.15) is 19.8 Å². The third-order valence-corrected chi connectivity index (χ3v) is 2.83.